The fourth-order valence-corrected chi connectivity index (χ4v) is 3.09. The zero-order chi connectivity index (χ0) is 13.7. The van der Waals surface area contributed by atoms with Crippen LogP contribution in [0, 0.1) is 6.92 Å². The zero-order valence-corrected chi connectivity index (χ0v) is 11.6. The summed E-state index contributed by atoms with van der Waals surface area (Å²) in [4.78, 5) is 3.42. The van der Waals surface area contributed by atoms with Gasteiger partial charge in [-0.15, -0.1) is 0 Å². The van der Waals surface area contributed by atoms with Gasteiger partial charge in [0.15, 0.2) is 0 Å². The van der Waals surface area contributed by atoms with Crippen LogP contribution in [0.4, 0.5) is 0 Å². The number of para-hydroxylation sites is 1. The summed E-state index contributed by atoms with van der Waals surface area (Å²) in [5.74, 6) is 0. The van der Waals surface area contributed by atoms with Gasteiger partial charge in [0.2, 0.25) is 0 Å². The first kappa shape index (κ1) is 11.4. The second-order valence-electron chi connectivity index (χ2n) is 5.39. The molecule has 20 heavy (non-hydrogen) atoms. The standard InChI is InChI=1S/C18H16N2/c1-12-10-15-13(7-5-8-17(15)19-12)16-11-20(2)18-9-4-3-6-14(16)18/h3-11,19H,1-2H3. The van der Waals surface area contributed by atoms with Gasteiger partial charge < -0.3 is 9.55 Å². The maximum atomic E-state index is 3.42. The molecule has 0 aliphatic carbocycles. The molecule has 2 heteroatoms. The van der Waals surface area contributed by atoms with Crippen LogP contribution in [0.1, 0.15) is 5.69 Å². The molecule has 1 N–H and O–H groups in total. The smallest absolute Gasteiger partial charge is 0.0484 e. The maximum Gasteiger partial charge on any atom is 0.0484 e. The molecule has 4 aromatic rings. The molecule has 0 aliphatic rings. The van der Waals surface area contributed by atoms with Crippen molar-refractivity contribution in [2.24, 2.45) is 7.05 Å². The molecule has 4 rings (SSSR count). The lowest BCUT2D eigenvalue weighted by Crippen LogP contribution is -1.81. The van der Waals surface area contributed by atoms with Crippen LogP contribution >= 0.6 is 0 Å². The number of rotatable bonds is 1. The van der Waals surface area contributed by atoms with Crippen molar-refractivity contribution < 1.29 is 0 Å². The van der Waals surface area contributed by atoms with E-state index in [1.54, 1.807) is 0 Å². The van der Waals surface area contributed by atoms with Gasteiger partial charge in [-0.3, -0.25) is 0 Å². The summed E-state index contributed by atoms with van der Waals surface area (Å²) < 4.78 is 2.20. The van der Waals surface area contributed by atoms with Gasteiger partial charge in [0.1, 0.15) is 0 Å². The Morgan fingerprint density at radius 1 is 0.900 bits per heavy atom. The van der Waals surface area contributed by atoms with Crippen LogP contribution in [-0.2, 0) is 7.05 Å². The minimum atomic E-state index is 1.20. The van der Waals surface area contributed by atoms with E-state index < -0.39 is 0 Å². The van der Waals surface area contributed by atoms with Crippen molar-refractivity contribution in [3.8, 4) is 11.1 Å². The van der Waals surface area contributed by atoms with Crippen LogP contribution in [0.15, 0.2) is 54.7 Å². The lowest BCUT2D eigenvalue weighted by atomic mass is 10.0. The fourth-order valence-electron chi connectivity index (χ4n) is 3.09. The Kier molecular flexibility index (Phi) is 2.27. The van der Waals surface area contributed by atoms with Crippen molar-refractivity contribution in [1.82, 2.24) is 9.55 Å². The summed E-state index contributed by atoms with van der Waals surface area (Å²) in [5.41, 5.74) is 6.27. The largest absolute Gasteiger partial charge is 0.359 e. The SMILES string of the molecule is Cc1cc2c(-c3cn(C)c4ccccc34)cccc2[nH]1. The van der Waals surface area contributed by atoms with Crippen LogP contribution in [0.3, 0.4) is 0 Å². The lowest BCUT2D eigenvalue weighted by Gasteiger charge is -2.02. The van der Waals surface area contributed by atoms with Crippen molar-refractivity contribution in [1.29, 1.82) is 0 Å². The van der Waals surface area contributed by atoms with E-state index >= 15 is 0 Å². The second-order valence-corrected chi connectivity index (χ2v) is 5.39. The number of hydrogen-bond acceptors (Lipinski definition) is 0. The molecule has 0 unspecified atom stereocenters. The number of nitrogens with zero attached hydrogens (tertiary/aromatic N) is 1. The van der Waals surface area contributed by atoms with E-state index in [4.69, 9.17) is 0 Å². The molecular weight excluding hydrogens is 244 g/mol. The van der Waals surface area contributed by atoms with Crippen molar-refractivity contribution in [2.45, 2.75) is 6.92 Å². The molecule has 0 atom stereocenters. The summed E-state index contributed by atoms with van der Waals surface area (Å²) in [6, 6.07) is 17.3. The molecule has 2 aromatic carbocycles. The van der Waals surface area contributed by atoms with Gasteiger partial charge in [0.05, 0.1) is 0 Å². The molecule has 0 aliphatic heterocycles. The Labute approximate surface area is 117 Å². The minimum Gasteiger partial charge on any atom is -0.359 e. The summed E-state index contributed by atoms with van der Waals surface area (Å²) in [6.45, 7) is 2.10. The summed E-state index contributed by atoms with van der Waals surface area (Å²) >= 11 is 0. The number of H-pyrrole nitrogens is 1. The van der Waals surface area contributed by atoms with Gasteiger partial charge in [-0.1, -0.05) is 30.3 Å². The molecule has 2 nitrogen and oxygen atoms in total. The maximum absolute atomic E-state index is 3.42. The number of aromatic amines is 1. The van der Waals surface area contributed by atoms with Crippen LogP contribution in [0.2, 0.25) is 0 Å². The van der Waals surface area contributed by atoms with Gasteiger partial charge in [0, 0.05) is 46.3 Å². The first-order valence-electron chi connectivity index (χ1n) is 6.87. The first-order chi connectivity index (χ1) is 9.74. The molecule has 98 valence electrons. The van der Waals surface area contributed by atoms with Gasteiger partial charge in [-0.05, 0) is 30.7 Å². The predicted molar refractivity (Wildman–Crippen MR) is 84.9 cm³/mol. The average molecular weight is 260 g/mol. The normalized spacial score (nSPS) is 11.5. The number of nitrogens with one attached hydrogen (secondary N) is 1. The van der Waals surface area contributed by atoms with Crippen LogP contribution in [0.25, 0.3) is 32.9 Å². The van der Waals surface area contributed by atoms with Gasteiger partial charge in [-0.25, -0.2) is 0 Å². The molecular formula is C18H16N2. The highest BCUT2D eigenvalue weighted by Crippen LogP contribution is 2.34. The Balaban J connectivity index is 2.11. The van der Waals surface area contributed by atoms with Crippen LogP contribution in [0.5, 0.6) is 0 Å². The topological polar surface area (TPSA) is 20.7 Å². The van der Waals surface area contributed by atoms with E-state index in [0.29, 0.717) is 0 Å². The highest BCUT2D eigenvalue weighted by atomic mass is 14.9. The van der Waals surface area contributed by atoms with Gasteiger partial charge in [-0.2, -0.15) is 0 Å². The van der Waals surface area contributed by atoms with E-state index in [1.807, 2.05) is 0 Å². The van der Waals surface area contributed by atoms with E-state index in [1.165, 1.54) is 38.6 Å². The Morgan fingerprint density at radius 3 is 2.65 bits per heavy atom. The Bertz CT molecular complexity index is 925. The molecule has 0 saturated heterocycles. The third-order valence-electron chi connectivity index (χ3n) is 3.99. The molecule has 2 heterocycles. The van der Waals surface area contributed by atoms with Crippen molar-refractivity contribution in [3.63, 3.8) is 0 Å². The zero-order valence-electron chi connectivity index (χ0n) is 11.6. The van der Waals surface area contributed by atoms with Crippen LogP contribution < -0.4 is 0 Å². The molecule has 0 amide bonds. The molecule has 0 saturated carbocycles. The van der Waals surface area contributed by atoms with Crippen LogP contribution in [-0.4, -0.2) is 9.55 Å². The summed E-state index contributed by atoms with van der Waals surface area (Å²) in [5, 5.41) is 2.60. The Morgan fingerprint density at radius 2 is 1.75 bits per heavy atom. The number of aryl methyl sites for hydroxylation is 2. The quantitative estimate of drug-likeness (QED) is 0.515. The highest BCUT2D eigenvalue weighted by Gasteiger charge is 2.11. The molecule has 0 bridgehead atoms. The number of benzene rings is 2. The van der Waals surface area contributed by atoms with E-state index in [0.717, 1.165) is 0 Å². The highest BCUT2D eigenvalue weighted by molar-refractivity contribution is 6.04. The Hall–Kier alpha value is -2.48. The van der Waals surface area contributed by atoms with E-state index in [-0.39, 0.29) is 0 Å². The molecule has 0 radical (unpaired) electrons. The number of fused-ring (bicyclic) bond motifs is 2. The predicted octanol–water partition coefficient (Wildman–Crippen LogP) is 4.64. The van der Waals surface area contributed by atoms with E-state index in [2.05, 4.69) is 78.3 Å². The monoisotopic (exact) mass is 260 g/mol. The van der Waals surface area contributed by atoms with Crippen molar-refractivity contribution in [3.05, 3.63) is 60.4 Å². The van der Waals surface area contributed by atoms with Crippen molar-refractivity contribution in [2.75, 3.05) is 0 Å². The molecule has 2 aromatic heterocycles. The lowest BCUT2D eigenvalue weighted by molar-refractivity contribution is 0.970. The van der Waals surface area contributed by atoms with Gasteiger partial charge in [0.25, 0.3) is 0 Å². The third-order valence-corrected chi connectivity index (χ3v) is 3.99. The average Bonchev–Trinajstić information content (AvgIpc) is 2.99. The fraction of sp³-hybridized carbons (Fsp3) is 0.111. The number of aromatic nitrogens is 2. The van der Waals surface area contributed by atoms with Gasteiger partial charge >= 0.3 is 0 Å². The third kappa shape index (κ3) is 1.51. The summed E-state index contributed by atoms with van der Waals surface area (Å²) in [7, 11) is 2.11. The minimum absolute atomic E-state index is 1.20. The first-order valence-corrected chi connectivity index (χ1v) is 6.87. The van der Waals surface area contributed by atoms with E-state index in [9.17, 15) is 0 Å². The number of hydrogen-bond donors (Lipinski definition) is 1. The summed E-state index contributed by atoms with van der Waals surface area (Å²) in [6.07, 6.45) is 2.22. The molecule has 0 spiro atoms. The molecule has 0 fully saturated rings. The second kappa shape index (κ2) is 4.01. The van der Waals surface area contributed by atoms with Crippen molar-refractivity contribution >= 4 is 21.8 Å².